The van der Waals surface area contributed by atoms with E-state index in [2.05, 4.69) is 46.6 Å². The molecule has 1 aromatic carbocycles. The van der Waals surface area contributed by atoms with E-state index in [0.29, 0.717) is 21.1 Å². The molecule has 7 heteroatoms. The first-order valence-electron chi connectivity index (χ1n) is 10.6. The highest BCUT2D eigenvalue weighted by Crippen LogP contribution is 2.40. The number of hydrogen-bond donors (Lipinski definition) is 1. The topological polar surface area (TPSA) is 76.9 Å². The van der Waals surface area contributed by atoms with Gasteiger partial charge in [0.25, 0.3) is 11.5 Å². The van der Waals surface area contributed by atoms with E-state index in [9.17, 15) is 9.59 Å². The maximum Gasteiger partial charge on any atom is 0.277 e. The lowest BCUT2D eigenvalue weighted by molar-refractivity contribution is 0.0901. The Labute approximate surface area is 186 Å². The Morgan fingerprint density at radius 1 is 1.13 bits per heavy atom. The Morgan fingerprint density at radius 2 is 1.84 bits per heavy atom. The molecular weight excluding hydrogens is 408 g/mol. The standard InChI is InChI=1S/C24H28N4O2S/c1-14-9-8-10-18(13-14)24(11-6-7-12-24)26-21(29)20-17(4)25-22(31-20)19-15(2)16(3)27-28(5)23(19)30/h8-10,13H,6-7,11-12H2,1-5H3,(H,26,29). The molecule has 0 spiro atoms. The zero-order valence-corrected chi connectivity index (χ0v) is 19.5. The van der Waals surface area contributed by atoms with Crippen molar-refractivity contribution in [1.82, 2.24) is 20.1 Å². The third-order valence-electron chi connectivity index (χ3n) is 6.32. The average Bonchev–Trinajstić information content (AvgIpc) is 3.34. The van der Waals surface area contributed by atoms with E-state index < -0.39 is 0 Å². The van der Waals surface area contributed by atoms with Gasteiger partial charge in [0.15, 0.2) is 0 Å². The predicted octanol–water partition coefficient (Wildman–Crippen LogP) is 4.34. The number of aromatic nitrogens is 3. The van der Waals surface area contributed by atoms with Gasteiger partial charge in [-0.1, -0.05) is 42.7 Å². The monoisotopic (exact) mass is 436 g/mol. The molecule has 0 saturated heterocycles. The third-order valence-corrected chi connectivity index (χ3v) is 7.50. The summed E-state index contributed by atoms with van der Waals surface area (Å²) in [6.45, 7) is 7.66. The van der Waals surface area contributed by atoms with Gasteiger partial charge in [-0.2, -0.15) is 5.10 Å². The molecule has 4 rings (SSSR count). The Kier molecular flexibility index (Phi) is 5.56. The Balaban J connectivity index is 1.71. The smallest absolute Gasteiger partial charge is 0.277 e. The van der Waals surface area contributed by atoms with Crippen molar-refractivity contribution in [2.45, 2.75) is 58.9 Å². The summed E-state index contributed by atoms with van der Waals surface area (Å²) in [5.41, 5.74) is 4.55. The van der Waals surface area contributed by atoms with Gasteiger partial charge < -0.3 is 5.32 Å². The van der Waals surface area contributed by atoms with Crippen LogP contribution in [0.15, 0.2) is 29.1 Å². The SMILES string of the molecule is Cc1cccc(C2(NC(=O)c3sc(-c4c(C)c(C)nn(C)c4=O)nc3C)CCCC2)c1. The number of nitrogens with one attached hydrogen (secondary N) is 1. The molecule has 2 heterocycles. The predicted molar refractivity (Wildman–Crippen MR) is 124 cm³/mol. The number of hydrogen-bond acceptors (Lipinski definition) is 5. The van der Waals surface area contributed by atoms with E-state index in [1.807, 2.05) is 20.8 Å². The van der Waals surface area contributed by atoms with Crippen LogP contribution in [0.5, 0.6) is 0 Å². The fourth-order valence-corrected chi connectivity index (χ4v) is 5.55. The summed E-state index contributed by atoms with van der Waals surface area (Å²) in [5, 5.41) is 8.16. The van der Waals surface area contributed by atoms with Crippen LogP contribution < -0.4 is 10.9 Å². The van der Waals surface area contributed by atoms with Crippen molar-refractivity contribution in [1.29, 1.82) is 0 Å². The molecule has 1 amide bonds. The van der Waals surface area contributed by atoms with Crippen molar-refractivity contribution in [2.75, 3.05) is 0 Å². The quantitative estimate of drug-likeness (QED) is 0.660. The van der Waals surface area contributed by atoms with Gasteiger partial charge in [0.1, 0.15) is 9.88 Å². The van der Waals surface area contributed by atoms with Gasteiger partial charge in [0, 0.05) is 7.05 Å². The third kappa shape index (κ3) is 3.82. The molecule has 2 aromatic heterocycles. The lowest BCUT2D eigenvalue weighted by atomic mass is 9.87. The van der Waals surface area contributed by atoms with Crippen molar-refractivity contribution in [3.8, 4) is 10.6 Å². The van der Waals surface area contributed by atoms with Crippen molar-refractivity contribution in [2.24, 2.45) is 7.05 Å². The molecule has 1 saturated carbocycles. The normalized spacial score (nSPS) is 15.3. The van der Waals surface area contributed by atoms with E-state index in [0.717, 1.165) is 42.5 Å². The molecule has 0 aliphatic heterocycles. The van der Waals surface area contributed by atoms with Gasteiger partial charge in [-0.3, -0.25) is 9.59 Å². The van der Waals surface area contributed by atoms with Gasteiger partial charge in [-0.05, 0) is 51.7 Å². The molecule has 0 atom stereocenters. The minimum atomic E-state index is -0.348. The first-order valence-corrected chi connectivity index (χ1v) is 11.5. The van der Waals surface area contributed by atoms with Crippen LogP contribution >= 0.6 is 11.3 Å². The highest BCUT2D eigenvalue weighted by Gasteiger charge is 2.38. The molecule has 31 heavy (non-hydrogen) atoms. The molecule has 3 aromatic rings. The Morgan fingerprint density at radius 3 is 2.52 bits per heavy atom. The number of carbonyl (C=O) groups is 1. The van der Waals surface area contributed by atoms with Crippen molar-refractivity contribution in [3.05, 3.63) is 67.6 Å². The summed E-state index contributed by atoms with van der Waals surface area (Å²) in [7, 11) is 1.64. The number of thiazole rings is 1. The van der Waals surface area contributed by atoms with Crippen LogP contribution in [0.4, 0.5) is 0 Å². The summed E-state index contributed by atoms with van der Waals surface area (Å²) in [6, 6.07) is 8.41. The van der Waals surface area contributed by atoms with E-state index in [-0.39, 0.29) is 17.0 Å². The number of rotatable bonds is 4. The first-order chi connectivity index (χ1) is 14.7. The average molecular weight is 437 g/mol. The number of benzene rings is 1. The molecule has 1 aliphatic carbocycles. The molecule has 1 N–H and O–H groups in total. The summed E-state index contributed by atoms with van der Waals surface area (Å²) in [4.78, 5) is 31.3. The minimum Gasteiger partial charge on any atom is -0.342 e. The van der Waals surface area contributed by atoms with Gasteiger partial charge in [0.05, 0.1) is 22.5 Å². The largest absolute Gasteiger partial charge is 0.342 e. The van der Waals surface area contributed by atoms with Crippen LogP contribution in [-0.2, 0) is 12.6 Å². The van der Waals surface area contributed by atoms with Crippen molar-refractivity contribution < 1.29 is 4.79 Å². The van der Waals surface area contributed by atoms with Crippen LogP contribution in [0, 0.1) is 27.7 Å². The van der Waals surface area contributed by atoms with E-state index in [1.165, 1.54) is 21.6 Å². The number of carbonyl (C=O) groups excluding carboxylic acids is 1. The lowest BCUT2D eigenvalue weighted by Crippen LogP contribution is -2.43. The summed E-state index contributed by atoms with van der Waals surface area (Å²) >= 11 is 1.28. The van der Waals surface area contributed by atoms with Crippen LogP contribution in [-0.4, -0.2) is 20.7 Å². The summed E-state index contributed by atoms with van der Waals surface area (Å²) in [6.07, 6.45) is 4.03. The van der Waals surface area contributed by atoms with Crippen LogP contribution in [0.2, 0.25) is 0 Å². The Hall–Kier alpha value is -2.80. The maximum absolute atomic E-state index is 13.4. The molecular formula is C24H28N4O2S. The van der Waals surface area contributed by atoms with E-state index in [4.69, 9.17) is 0 Å². The molecule has 0 bridgehead atoms. The molecule has 1 aliphatic rings. The zero-order valence-electron chi connectivity index (χ0n) is 18.7. The maximum atomic E-state index is 13.4. The second kappa shape index (κ2) is 8.04. The van der Waals surface area contributed by atoms with Gasteiger partial charge in [-0.15, -0.1) is 11.3 Å². The van der Waals surface area contributed by atoms with Gasteiger partial charge in [-0.25, -0.2) is 9.67 Å². The molecule has 0 unspecified atom stereocenters. The minimum absolute atomic E-state index is 0.120. The molecule has 1 fully saturated rings. The van der Waals surface area contributed by atoms with E-state index in [1.54, 1.807) is 7.05 Å². The summed E-state index contributed by atoms with van der Waals surface area (Å²) in [5.74, 6) is -0.120. The van der Waals surface area contributed by atoms with E-state index >= 15 is 0 Å². The van der Waals surface area contributed by atoms with Crippen molar-refractivity contribution in [3.63, 3.8) is 0 Å². The number of nitrogens with zero attached hydrogens (tertiary/aromatic N) is 3. The highest BCUT2D eigenvalue weighted by atomic mass is 32.1. The molecule has 6 nitrogen and oxygen atoms in total. The van der Waals surface area contributed by atoms with Crippen LogP contribution in [0.1, 0.15) is 63.4 Å². The van der Waals surface area contributed by atoms with Crippen LogP contribution in [0.3, 0.4) is 0 Å². The van der Waals surface area contributed by atoms with Crippen molar-refractivity contribution >= 4 is 17.2 Å². The fourth-order valence-electron chi connectivity index (χ4n) is 4.50. The number of amides is 1. The van der Waals surface area contributed by atoms with Gasteiger partial charge >= 0.3 is 0 Å². The fraction of sp³-hybridized carbons (Fsp3) is 0.417. The second-order valence-corrected chi connectivity index (χ2v) is 9.56. The second-order valence-electron chi connectivity index (χ2n) is 8.56. The zero-order chi connectivity index (χ0) is 22.3. The number of aryl methyl sites for hydroxylation is 4. The Bertz CT molecular complexity index is 1220. The highest BCUT2D eigenvalue weighted by molar-refractivity contribution is 7.17. The first kappa shape index (κ1) is 21.4. The van der Waals surface area contributed by atoms with Gasteiger partial charge in [0.2, 0.25) is 0 Å². The molecule has 0 radical (unpaired) electrons. The molecule has 162 valence electrons. The van der Waals surface area contributed by atoms with Crippen LogP contribution in [0.25, 0.3) is 10.6 Å². The lowest BCUT2D eigenvalue weighted by Gasteiger charge is -2.31. The summed E-state index contributed by atoms with van der Waals surface area (Å²) < 4.78 is 1.33.